The number of hydrogen-bond donors (Lipinski definition) is 0. The van der Waals surface area contributed by atoms with Crippen molar-refractivity contribution in [3.8, 4) is 11.4 Å². The Morgan fingerprint density at radius 3 is 2.50 bits per heavy atom. The van der Waals surface area contributed by atoms with Crippen LogP contribution in [0.4, 0.5) is 4.39 Å². The molecule has 1 aromatic carbocycles. The lowest BCUT2D eigenvalue weighted by molar-refractivity contribution is 0.231. The third-order valence-electron chi connectivity index (χ3n) is 2.78. The van der Waals surface area contributed by atoms with Crippen LogP contribution in [-0.4, -0.2) is 15.9 Å². The molecular weight excluding hydrogens is 311 g/mol. The maximum atomic E-state index is 13.9. The molecule has 0 radical (unpaired) electrons. The van der Waals surface area contributed by atoms with Crippen molar-refractivity contribution in [2.45, 2.75) is 46.1 Å². The lowest BCUT2D eigenvalue weighted by Crippen LogP contribution is -2.16. The second-order valence-corrected chi connectivity index (χ2v) is 6.64. The van der Waals surface area contributed by atoms with Crippen LogP contribution in [0.2, 0.25) is 5.02 Å². The highest BCUT2D eigenvalue weighted by atomic mass is 35.5. The van der Waals surface area contributed by atoms with Gasteiger partial charge < -0.3 is 9.15 Å². The van der Waals surface area contributed by atoms with E-state index in [0.29, 0.717) is 0 Å². The fraction of sp³-hybridized carbons (Fsp3) is 0.467. The molecule has 0 spiro atoms. The highest BCUT2D eigenvalue weighted by Crippen LogP contribution is 2.29. The van der Waals surface area contributed by atoms with Crippen LogP contribution in [0, 0.1) is 5.82 Å². The average molecular weight is 329 g/mol. The van der Waals surface area contributed by atoms with Crippen molar-refractivity contribution in [1.82, 2.24) is 9.78 Å². The van der Waals surface area contributed by atoms with Gasteiger partial charge in [-0.05, 0) is 19.9 Å². The third-order valence-corrected chi connectivity index (χ3v) is 3.08. The first-order valence-corrected chi connectivity index (χ1v) is 7.24. The van der Waals surface area contributed by atoms with Crippen molar-refractivity contribution in [2.24, 2.45) is 0 Å². The first kappa shape index (κ1) is 16.5. The molecule has 7 heteroatoms. The van der Waals surface area contributed by atoms with Gasteiger partial charge in [0.05, 0.1) is 16.8 Å². The summed E-state index contributed by atoms with van der Waals surface area (Å²) < 4.78 is 25.4. The van der Waals surface area contributed by atoms with Gasteiger partial charge in [0, 0.05) is 11.5 Å². The number of halogens is 2. The minimum Gasteiger partial charge on any atom is -0.488 e. The topological polar surface area (TPSA) is 57.3 Å². The molecule has 1 heterocycles. The molecule has 2 rings (SSSR count). The van der Waals surface area contributed by atoms with Crippen LogP contribution in [-0.2, 0) is 5.41 Å². The lowest BCUT2D eigenvalue weighted by atomic mass is 9.97. The van der Waals surface area contributed by atoms with Crippen LogP contribution >= 0.6 is 11.6 Å². The molecule has 0 unspecified atom stereocenters. The van der Waals surface area contributed by atoms with Crippen molar-refractivity contribution in [3.63, 3.8) is 0 Å². The third kappa shape index (κ3) is 3.32. The molecule has 0 saturated heterocycles. The summed E-state index contributed by atoms with van der Waals surface area (Å²) >= 11 is 6.03. The molecule has 0 saturated carbocycles. The van der Waals surface area contributed by atoms with E-state index in [2.05, 4.69) is 5.10 Å². The Morgan fingerprint density at radius 1 is 1.36 bits per heavy atom. The molecule has 2 aromatic rings. The molecule has 0 aliphatic carbocycles. The Morgan fingerprint density at radius 2 is 2.00 bits per heavy atom. The van der Waals surface area contributed by atoms with Crippen molar-refractivity contribution < 1.29 is 13.5 Å². The van der Waals surface area contributed by atoms with Crippen molar-refractivity contribution in [3.05, 3.63) is 39.4 Å². The Bertz CT molecular complexity index is 744. The van der Waals surface area contributed by atoms with E-state index in [9.17, 15) is 9.18 Å². The van der Waals surface area contributed by atoms with Gasteiger partial charge in [-0.2, -0.15) is 4.68 Å². The first-order chi connectivity index (χ1) is 10.1. The highest BCUT2D eigenvalue weighted by molar-refractivity contribution is 6.32. The number of benzene rings is 1. The van der Waals surface area contributed by atoms with Crippen molar-refractivity contribution in [1.29, 1.82) is 0 Å². The number of aromatic nitrogens is 2. The summed E-state index contributed by atoms with van der Waals surface area (Å²) in [7, 11) is 0. The number of nitrogens with zero attached hydrogens (tertiary/aromatic N) is 2. The van der Waals surface area contributed by atoms with Crippen LogP contribution in [0.5, 0.6) is 5.75 Å². The SMILES string of the molecule is CC(C)Oc1cc(-n2nc(C(C)(C)C)oc2=O)c(Cl)cc1F. The Kier molecular flexibility index (Phi) is 4.33. The quantitative estimate of drug-likeness (QED) is 0.862. The number of ether oxygens (including phenoxy) is 1. The summed E-state index contributed by atoms with van der Waals surface area (Å²) in [6.45, 7) is 9.13. The Hall–Kier alpha value is -1.82. The molecular formula is C15H18ClFN2O3. The lowest BCUT2D eigenvalue weighted by Gasteiger charge is -2.13. The van der Waals surface area contributed by atoms with Crippen LogP contribution in [0.3, 0.4) is 0 Å². The molecule has 0 aliphatic heterocycles. The zero-order chi connectivity index (χ0) is 16.7. The normalized spacial score (nSPS) is 12.0. The molecule has 0 amide bonds. The molecule has 0 atom stereocenters. The van der Waals surface area contributed by atoms with Gasteiger partial charge in [0.15, 0.2) is 11.6 Å². The summed E-state index contributed by atoms with van der Waals surface area (Å²) in [4.78, 5) is 12.0. The number of rotatable bonds is 3. The van der Waals surface area contributed by atoms with E-state index >= 15 is 0 Å². The molecule has 22 heavy (non-hydrogen) atoms. The van der Waals surface area contributed by atoms with E-state index in [1.54, 1.807) is 13.8 Å². The Balaban J connectivity index is 2.58. The maximum absolute atomic E-state index is 13.9. The minimum absolute atomic E-state index is 0.00149. The van der Waals surface area contributed by atoms with Crippen molar-refractivity contribution >= 4 is 11.6 Å². The largest absolute Gasteiger partial charge is 0.488 e. The van der Waals surface area contributed by atoms with Gasteiger partial charge in [0.2, 0.25) is 5.89 Å². The van der Waals surface area contributed by atoms with Crippen LogP contribution in [0.1, 0.15) is 40.5 Å². The fourth-order valence-corrected chi connectivity index (χ4v) is 1.99. The van der Waals surface area contributed by atoms with Gasteiger partial charge in [-0.3, -0.25) is 0 Å². The van der Waals surface area contributed by atoms with Gasteiger partial charge in [-0.1, -0.05) is 32.4 Å². The average Bonchev–Trinajstić information content (AvgIpc) is 2.74. The van der Waals surface area contributed by atoms with Gasteiger partial charge in [0.1, 0.15) is 0 Å². The summed E-state index contributed by atoms with van der Waals surface area (Å²) in [5.41, 5.74) is -0.225. The fourth-order valence-electron chi connectivity index (χ4n) is 1.76. The number of hydrogen-bond acceptors (Lipinski definition) is 4. The summed E-state index contributed by atoms with van der Waals surface area (Å²) in [5, 5.41) is 4.18. The van der Waals surface area contributed by atoms with Gasteiger partial charge in [-0.15, -0.1) is 5.10 Å². The van der Waals surface area contributed by atoms with E-state index in [0.717, 1.165) is 10.7 Å². The van der Waals surface area contributed by atoms with Crippen LogP contribution in [0.15, 0.2) is 21.3 Å². The van der Waals surface area contributed by atoms with Crippen LogP contribution < -0.4 is 10.5 Å². The standard InChI is InChI=1S/C15H18ClFN2O3/c1-8(2)21-12-7-11(9(16)6-10(12)17)19-14(20)22-13(18-19)15(3,4)5/h6-8H,1-5H3. The highest BCUT2D eigenvalue weighted by Gasteiger charge is 2.24. The van der Waals surface area contributed by atoms with E-state index in [-0.39, 0.29) is 28.5 Å². The smallest absolute Gasteiger partial charge is 0.442 e. The second kappa shape index (κ2) is 5.76. The van der Waals surface area contributed by atoms with E-state index in [1.165, 1.54) is 6.07 Å². The molecule has 0 N–H and O–H groups in total. The monoisotopic (exact) mass is 328 g/mol. The Labute approximate surface area is 132 Å². The molecule has 1 aromatic heterocycles. The molecule has 120 valence electrons. The van der Waals surface area contributed by atoms with Gasteiger partial charge in [-0.25, -0.2) is 9.18 Å². The van der Waals surface area contributed by atoms with Gasteiger partial charge in [0.25, 0.3) is 0 Å². The summed E-state index contributed by atoms with van der Waals surface area (Å²) in [6.07, 6.45) is -0.220. The second-order valence-electron chi connectivity index (χ2n) is 6.24. The molecule has 0 fully saturated rings. The van der Waals surface area contributed by atoms with Crippen LogP contribution in [0.25, 0.3) is 5.69 Å². The zero-order valence-electron chi connectivity index (χ0n) is 13.1. The molecule has 0 aliphatic rings. The van der Waals surface area contributed by atoms with Crippen molar-refractivity contribution in [2.75, 3.05) is 0 Å². The summed E-state index contributed by atoms with van der Waals surface area (Å²) in [6, 6.07) is 2.43. The predicted molar refractivity (Wildman–Crippen MR) is 81.5 cm³/mol. The maximum Gasteiger partial charge on any atom is 0.442 e. The predicted octanol–water partition coefficient (Wildman–Crippen LogP) is 3.70. The molecule has 5 nitrogen and oxygen atoms in total. The van der Waals surface area contributed by atoms with E-state index in [1.807, 2.05) is 20.8 Å². The first-order valence-electron chi connectivity index (χ1n) is 6.86. The van der Waals surface area contributed by atoms with Gasteiger partial charge >= 0.3 is 5.76 Å². The summed E-state index contributed by atoms with van der Waals surface area (Å²) in [5.74, 6) is -1.02. The molecule has 0 bridgehead atoms. The van der Waals surface area contributed by atoms with E-state index in [4.69, 9.17) is 20.8 Å². The zero-order valence-corrected chi connectivity index (χ0v) is 13.9. The van der Waals surface area contributed by atoms with E-state index < -0.39 is 17.0 Å². The minimum atomic E-state index is -0.686.